The van der Waals surface area contributed by atoms with E-state index in [1.54, 1.807) is 0 Å². The molecule has 1 saturated heterocycles. The van der Waals surface area contributed by atoms with Crippen molar-refractivity contribution in [3.05, 3.63) is 18.0 Å². The highest BCUT2D eigenvalue weighted by Gasteiger charge is 2.27. The van der Waals surface area contributed by atoms with Crippen LogP contribution in [0.2, 0.25) is 0 Å². The Morgan fingerprint density at radius 3 is 2.85 bits per heavy atom. The first-order valence-corrected chi connectivity index (χ1v) is 9.28. The molecule has 0 spiro atoms. The summed E-state index contributed by atoms with van der Waals surface area (Å²) in [6.45, 7) is 13.5. The number of likely N-dealkylation sites (tertiary alicyclic amines) is 1. The number of guanidine groups is 1. The second kappa shape index (κ2) is 8.91. The van der Waals surface area contributed by atoms with Crippen LogP contribution in [0.4, 0.5) is 4.79 Å². The summed E-state index contributed by atoms with van der Waals surface area (Å²) >= 11 is 0. The fourth-order valence-corrected chi connectivity index (χ4v) is 2.82. The van der Waals surface area contributed by atoms with E-state index >= 15 is 0 Å². The van der Waals surface area contributed by atoms with E-state index in [9.17, 15) is 4.79 Å². The van der Waals surface area contributed by atoms with Gasteiger partial charge in [0.15, 0.2) is 5.96 Å². The molecule has 1 aliphatic rings. The van der Waals surface area contributed by atoms with Gasteiger partial charge in [-0.2, -0.15) is 5.10 Å². The molecule has 8 heteroatoms. The summed E-state index contributed by atoms with van der Waals surface area (Å²) in [5, 5.41) is 10.6. The van der Waals surface area contributed by atoms with Crippen LogP contribution in [0, 0.1) is 6.92 Å². The molecule has 2 heterocycles. The van der Waals surface area contributed by atoms with Crippen LogP contribution < -0.4 is 10.6 Å². The topological polar surface area (TPSA) is 83.8 Å². The molecule has 0 aliphatic carbocycles. The number of alkyl carbamates (subject to hydrolysis) is 1. The number of amides is 1. The van der Waals surface area contributed by atoms with Gasteiger partial charge in [-0.1, -0.05) is 0 Å². The minimum Gasteiger partial charge on any atom is -0.444 e. The molecular formula is C18H32N6O2. The van der Waals surface area contributed by atoms with Crippen LogP contribution in [0.25, 0.3) is 0 Å². The Bertz CT molecular complexity index is 619. The average Bonchev–Trinajstić information content (AvgIpc) is 3.13. The van der Waals surface area contributed by atoms with Crippen molar-refractivity contribution in [2.75, 3.05) is 26.2 Å². The maximum atomic E-state index is 11.9. The average molecular weight is 364 g/mol. The Kier molecular flexibility index (Phi) is 6.88. The Labute approximate surface area is 156 Å². The highest BCUT2D eigenvalue weighted by Crippen LogP contribution is 2.12. The number of hydrogen-bond donors (Lipinski definition) is 2. The predicted octanol–water partition coefficient (Wildman–Crippen LogP) is 1.76. The zero-order valence-electron chi connectivity index (χ0n) is 16.6. The second-order valence-corrected chi connectivity index (χ2v) is 7.59. The Balaban J connectivity index is 1.85. The van der Waals surface area contributed by atoms with Crippen molar-refractivity contribution in [3.63, 3.8) is 0 Å². The molecule has 146 valence electrons. The molecule has 1 atom stereocenters. The minimum absolute atomic E-state index is 0.0717. The van der Waals surface area contributed by atoms with E-state index in [0.29, 0.717) is 6.54 Å². The number of aromatic nitrogens is 2. The van der Waals surface area contributed by atoms with Crippen LogP contribution in [0.1, 0.15) is 39.7 Å². The Hall–Kier alpha value is -2.25. The van der Waals surface area contributed by atoms with Crippen molar-refractivity contribution >= 4 is 12.1 Å². The highest BCUT2D eigenvalue weighted by atomic mass is 16.6. The lowest BCUT2D eigenvalue weighted by molar-refractivity contribution is 0.0507. The molecule has 2 rings (SSSR count). The number of nitrogens with one attached hydrogen (secondary N) is 2. The third kappa shape index (κ3) is 6.57. The lowest BCUT2D eigenvalue weighted by atomic mass is 10.2. The molecule has 1 fully saturated rings. The summed E-state index contributed by atoms with van der Waals surface area (Å²) < 4.78 is 7.24. The molecule has 1 unspecified atom stereocenters. The molecular weight excluding hydrogens is 332 g/mol. The zero-order valence-corrected chi connectivity index (χ0v) is 16.6. The minimum atomic E-state index is -0.483. The number of aliphatic imine (C=N–C) groups is 1. The summed E-state index contributed by atoms with van der Waals surface area (Å²) in [7, 11) is 0. The molecule has 1 aliphatic heterocycles. The highest BCUT2D eigenvalue weighted by molar-refractivity contribution is 5.80. The van der Waals surface area contributed by atoms with Gasteiger partial charge in [0.2, 0.25) is 0 Å². The van der Waals surface area contributed by atoms with E-state index in [1.807, 2.05) is 44.8 Å². The molecule has 26 heavy (non-hydrogen) atoms. The first kappa shape index (κ1) is 20.1. The molecule has 0 radical (unpaired) electrons. The molecule has 1 aromatic rings. The van der Waals surface area contributed by atoms with Crippen LogP contribution in [-0.2, 0) is 11.3 Å². The predicted molar refractivity (Wildman–Crippen MR) is 102 cm³/mol. The summed E-state index contributed by atoms with van der Waals surface area (Å²) in [4.78, 5) is 18.8. The van der Waals surface area contributed by atoms with Gasteiger partial charge in [-0.15, -0.1) is 0 Å². The maximum Gasteiger partial charge on any atom is 0.407 e. The van der Waals surface area contributed by atoms with Gasteiger partial charge < -0.3 is 20.3 Å². The number of rotatable bonds is 5. The lowest BCUT2D eigenvalue weighted by Crippen LogP contribution is -2.44. The van der Waals surface area contributed by atoms with Crippen molar-refractivity contribution < 1.29 is 9.53 Å². The number of carbonyl (C=O) groups excluding carboxylic acids is 1. The SMILES string of the molecule is CCNC(=NCCn1cc(C)cn1)N1CCC(NC(=O)OC(C)(C)C)C1. The molecule has 1 amide bonds. The standard InChI is InChI=1S/C18H32N6O2/c1-6-19-16(20-8-10-24-12-14(2)11-21-24)23-9-7-15(13-23)22-17(25)26-18(3,4)5/h11-12,15H,6-10,13H2,1-5H3,(H,19,20)(H,22,25). The number of aryl methyl sites for hydroxylation is 1. The monoisotopic (exact) mass is 364 g/mol. The fraction of sp³-hybridized carbons (Fsp3) is 0.722. The number of ether oxygens (including phenoxy) is 1. The maximum absolute atomic E-state index is 11.9. The van der Waals surface area contributed by atoms with Crippen LogP contribution in [0.15, 0.2) is 17.4 Å². The van der Waals surface area contributed by atoms with Crippen LogP contribution in [-0.4, -0.2) is 64.6 Å². The number of nitrogens with zero attached hydrogens (tertiary/aromatic N) is 4. The Morgan fingerprint density at radius 1 is 1.46 bits per heavy atom. The summed E-state index contributed by atoms with van der Waals surface area (Å²) in [6, 6.07) is 0.0717. The lowest BCUT2D eigenvalue weighted by Gasteiger charge is -2.23. The normalized spacial score (nSPS) is 18.1. The summed E-state index contributed by atoms with van der Waals surface area (Å²) in [5.41, 5.74) is 0.667. The van der Waals surface area contributed by atoms with Gasteiger partial charge in [0.1, 0.15) is 5.60 Å². The van der Waals surface area contributed by atoms with Gasteiger partial charge >= 0.3 is 6.09 Å². The van der Waals surface area contributed by atoms with Gasteiger partial charge in [0, 0.05) is 25.8 Å². The molecule has 2 N–H and O–H groups in total. The van der Waals surface area contributed by atoms with Crippen molar-refractivity contribution in [1.82, 2.24) is 25.3 Å². The van der Waals surface area contributed by atoms with Crippen molar-refractivity contribution in [2.45, 2.75) is 59.2 Å². The molecule has 0 saturated carbocycles. The zero-order chi connectivity index (χ0) is 19.2. The van der Waals surface area contributed by atoms with Crippen LogP contribution in [0.3, 0.4) is 0 Å². The third-order valence-corrected chi connectivity index (χ3v) is 3.90. The van der Waals surface area contributed by atoms with Gasteiger partial charge in [0.05, 0.1) is 25.3 Å². The molecule has 8 nitrogen and oxygen atoms in total. The van der Waals surface area contributed by atoms with E-state index in [1.165, 1.54) is 0 Å². The van der Waals surface area contributed by atoms with E-state index in [4.69, 9.17) is 9.73 Å². The van der Waals surface area contributed by atoms with Crippen molar-refractivity contribution in [1.29, 1.82) is 0 Å². The Morgan fingerprint density at radius 2 is 2.23 bits per heavy atom. The van der Waals surface area contributed by atoms with Gasteiger partial charge in [-0.3, -0.25) is 9.67 Å². The smallest absolute Gasteiger partial charge is 0.407 e. The molecule has 1 aromatic heterocycles. The van der Waals surface area contributed by atoms with Gasteiger partial charge in [-0.05, 0) is 46.6 Å². The fourth-order valence-electron chi connectivity index (χ4n) is 2.82. The van der Waals surface area contributed by atoms with Gasteiger partial charge in [-0.25, -0.2) is 4.79 Å². The van der Waals surface area contributed by atoms with Gasteiger partial charge in [0.25, 0.3) is 0 Å². The van der Waals surface area contributed by atoms with E-state index in [0.717, 1.165) is 44.1 Å². The van der Waals surface area contributed by atoms with Crippen molar-refractivity contribution in [2.24, 2.45) is 4.99 Å². The first-order valence-electron chi connectivity index (χ1n) is 9.28. The number of carbonyl (C=O) groups is 1. The molecule has 0 bridgehead atoms. The quantitative estimate of drug-likeness (QED) is 0.614. The van der Waals surface area contributed by atoms with Crippen LogP contribution in [0.5, 0.6) is 0 Å². The van der Waals surface area contributed by atoms with Crippen molar-refractivity contribution in [3.8, 4) is 0 Å². The number of hydrogen-bond acceptors (Lipinski definition) is 4. The largest absolute Gasteiger partial charge is 0.444 e. The molecule has 0 aromatic carbocycles. The second-order valence-electron chi connectivity index (χ2n) is 7.59. The van der Waals surface area contributed by atoms with E-state index in [2.05, 4.69) is 27.6 Å². The van der Waals surface area contributed by atoms with E-state index < -0.39 is 5.60 Å². The van der Waals surface area contributed by atoms with E-state index in [-0.39, 0.29) is 12.1 Å². The summed E-state index contributed by atoms with van der Waals surface area (Å²) in [5.74, 6) is 0.880. The third-order valence-electron chi connectivity index (χ3n) is 3.90. The van der Waals surface area contributed by atoms with Crippen LogP contribution >= 0.6 is 0 Å². The summed E-state index contributed by atoms with van der Waals surface area (Å²) in [6.07, 6.45) is 4.38. The first-order chi connectivity index (χ1) is 12.3.